The summed E-state index contributed by atoms with van der Waals surface area (Å²) in [5, 5.41) is 3.96. The van der Waals surface area contributed by atoms with Crippen LogP contribution in [0.2, 0.25) is 0 Å². The van der Waals surface area contributed by atoms with E-state index in [4.69, 9.17) is 0 Å². The Hall–Kier alpha value is 0.390. The first-order valence-corrected chi connectivity index (χ1v) is 9.67. The highest BCUT2D eigenvalue weighted by Gasteiger charge is 2.27. The summed E-state index contributed by atoms with van der Waals surface area (Å²) in [4.78, 5) is 1.64. The second kappa shape index (κ2) is 6.44. The Balaban J connectivity index is 1.66. The van der Waals surface area contributed by atoms with Crippen LogP contribution in [0.15, 0.2) is 6.07 Å². The van der Waals surface area contributed by atoms with Crippen LogP contribution in [0.25, 0.3) is 0 Å². The molecule has 1 N–H and O–H groups in total. The Kier molecular flexibility index (Phi) is 4.86. The van der Waals surface area contributed by atoms with Crippen molar-refractivity contribution in [2.45, 2.75) is 70.4 Å². The van der Waals surface area contributed by atoms with Crippen molar-refractivity contribution in [3.8, 4) is 0 Å². The van der Waals surface area contributed by atoms with E-state index in [9.17, 15) is 0 Å². The molecule has 1 heterocycles. The number of hydrogen-bond donors (Lipinski definition) is 1. The average molecular weight is 389 g/mol. The molecule has 1 aromatic heterocycles. The van der Waals surface area contributed by atoms with Gasteiger partial charge in [0.25, 0.3) is 0 Å². The molecule has 0 saturated heterocycles. The maximum atomic E-state index is 3.96. The fourth-order valence-electron chi connectivity index (χ4n) is 3.78. The zero-order chi connectivity index (χ0) is 13.2. The van der Waals surface area contributed by atoms with Gasteiger partial charge in [0, 0.05) is 17.0 Å². The first-order chi connectivity index (χ1) is 9.24. The second-order valence-corrected chi connectivity index (χ2v) is 9.26. The lowest BCUT2D eigenvalue weighted by molar-refractivity contribution is 0.257. The van der Waals surface area contributed by atoms with Gasteiger partial charge in [-0.15, -0.1) is 11.3 Å². The van der Waals surface area contributed by atoms with Gasteiger partial charge < -0.3 is 5.32 Å². The Bertz CT molecular complexity index is 422. The fourth-order valence-corrected chi connectivity index (χ4v) is 5.90. The summed E-state index contributed by atoms with van der Waals surface area (Å²) in [5.74, 6) is 0.914. The maximum absolute atomic E-state index is 3.96. The van der Waals surface area contributed by atoms with Crippen LogP contribution in [-0.2, 0) is 6.42 Å². The minimum absolute atomic E-state index is 0.625. The summed E-state index contributed by atoms with van der Waals surface area (Å²) in [5.41, 5.74) is 1.61. The molecular weight excluding hydrogens is 365 g/mol. The Morgan fingerprint density at radius 2 is 2.00 bits per heavy atom. The molecule has 0 aromatic carbocycles. The molecule has 1 saturated carbocycles. The number of rotatable bonds is 3. The van der Waals surface area contributed by atoms with Gasteiger partial charge in [-0.25, -0.2) is 0 Å². The van der Waals surface area contributed by atoms with Crippen LogP contribution in [0.3, 0.4) is 0 Å². The van der Waals surface area contributed by atoms with Crippen LogP contribution < -0.4 is 5.32 Å². The Labute approximate surface area is 134 Å². The largest absolute Gasteiger partial charge is 0.307 e. The quantitative estimate of drug-likeness (QED) is 0.693. The normalized spacial score (nSPS) is 26.1. The van der Waals surface area contributed by atoms with E-state index in [-0.39, 0.29) is 0 Å². The van der Waals surface area contributed by atoms with Crippen molar-refractivity contribution in [1.82, 2.24) is 5.32 Å². The lowest BCUT2D eigenvalue weighted by Crippen LogP contribution is -2.38. The van der Waals surface area contributed by atoms with Crippen molar-refractivity contribution >= 4 is 33.9 Å². The first kappa shape index (κ1) is 14.3. The van der Waals surface area contributed by atoms with Crippen molar-refractivity contribution in [1.29, 1.82) is 0 Å². The maximum Gasteiger partial charge on any atom is 0.0659 e. The molecule has 0 bridgehead atoms. The van der Waals surface area contributed by atoms with Crippen molar-refractivity contribution in [3.05, 3.63) is 19.4 Å². The summed E-state index contributed by atoms with van der Waals surface area (Å²) in [6.07, 6.45) is 11.2. The first-order valence-electron chi connectivity index (χ1n) is 7.78. The van der Waals surface area contributed by atoms with Crippen LogP contribution >= 0.6 is 33.9 Å². The number of hydrogen-bond acceptors (Lipinski definition) is 2. The van der Waals surface area contributed by atoms with Gasteiger partial charge in [0.1, 0.15) is 0 Å². The molecule has 2 aliphatic rings. The monoisotopic (exact) mass is 389 g/mol. The lowest BCUT2D eigenvalue weighted by Gasteiger charge is -2.33. The predicted molar refractivity (Wildman–Crippen MR) is 91.9 cm³/mol. The molecule has 0 amide bonds. The summed E-state index contributed by atoms with van der Waals surface area (Å²) in [7, 11) is 0. The van der Waals surface area contributed by atoms with Crippen molar-refractivity contribution in [2.24, 2.45) is 5.92 Å². The highest BCUT2D eigenvalue weighted by atomic mass is 127. The molecular formula is C16H24INS. The van der Waals surface area contributed by atoms with Gasteiger partial charge in [-0.1, -0.05) is 19.3 Å². The number of thiophene rings is 1. The van der Waals surface area contributed by atoms with E-state index in [1.807, 2.05) is 11.3 Å². The third-order valence-corrected chi connectivity index (χ3v) is 6.88. The molecule has 3 rings (SSSR count). The van der Waals surface area contributed by atoms with E-state index >= 15 is 0 Å². The van der Waals surface area contributed by atoms with Crippen molar-refractivity contribution < 1.29 is 0 Å². The molecule has 0 aliphatic heterocycles. The third-order valence-electron chi connectivity index (χ3n) is 4.90. The van der Waals surface area contributed by atoms with Crippen molar-refractivity contribution in [2.75, 3.05) is 0 Å². The van der Waals surface area contributed by atoms with Crippen LogP contribution in [0.4, 0.5) is 0 Å². The fraction of sp³-hybridized carbons (Fsp3) is 0.750. The summed E-state index contributed by atoms with van der Waals surface area (Å²) < 4.78 is 1.46. The average Bonchev–Trinajstić information content (AvgIpc) is 2.81. The third kappa shape index (κ3) is 3.35. The van der Waals surface area contributed by atoms with Gasteiger partial charge in [-0.05, 0) is 79.2 Å². The van der Waals surface area contributed by atoms with E-state index in [0.717, 1.165) is 5.92 Å². The molecule has 19 heavy (non-hydrogen) atoms. The van der Waals surface area contributed by atoms with Crippen LogP contribution in [0.1, 0.15) is 68.4 Å². The molecule has 2 atom stereocenters. The predicted octanol–water partition coefficient (Wildman–Crippen LogP) is 5.29. The van der Waals surface area contributed by atoms with E-state index in [1.54, 1.807) is 10.4 Å². The van der Waals surface area contributed by atoms with Gasteiger partial charge in [0.2, 0.25) is 0 Å². The zero-order valence-electron chi connectivity index (χ0n) is 11.8. The minimum atomic E-state index is 0.625. The molecule has 1 fully saturated rings. The second-order valence-electron chi connectivity index (χ2n) is 6.23. The van der Waals surface area contributed by atoms with Crippen molar-refractivity contribution in [3.63, 3.8) is 0 Å². The van der Waals surface area contributed by atoms with E-state index in [0.29, 0.717) is 12.1 Å². The van der Waals surface area contributed by atoms with Crippen LogP contribution in [0, 0.1) is 8.80 Å². The van der Waals surface area contributed by atoms with E-state index in [2.05, 4.69) is 40.9 Å². The number of halogens is 1. The van der Waals surface area contributed by atoms with Gasteiger partial charge in [0.05, 0.1) is 2.88 Å². The molecule has 1 nitrogen and oxygen atoms in total. The lowest BCUT2D eigenvalue weighted by atomic mass is 9.83. The topological polar surface area (TPSA) is 12.0 Å². The van der Waals surface area contributed by atoms with E-state index < -0.39 is 0 Å². The summed E-state index contributed by atoms with van der Waals surface area (Å²) in [6, 6.07) is 3.74. The highest BCUT2D eigenvalue weighted by Crippen LogP contribution is 2.37. The summed E-state index contributed by atoms with van der Waals surface area (Å²) >= 11 is 4.48. The molecule has 3 heteroatoms. The van der Waals surface area contributed by atoms with Gasteiger partial charge in [-0.3, -0.25) is 0 Å². The molecule has 1 aromatic rings. The smallest absolute Gasteiger partial charge is 0.0659 e. The Morgan fingerprint density at radius 1 is 1.21 bits per heavy atom. The van der Waals surface area contributed by atoms with Gasteiger partial charge in [-0.2, -0.15) is 0 Å². The molecule has 0 spiro atoms. The molecule has 0 radical (unpaired) electrons. The van der Waals surface area contributed by atoms with Crippen LogP contribution in [-0.4, -0.2) is 6.04 Å². The molecule has 2 aliphatic carbocycles. The SMILES string of the molecule is CC(NC1CCCc2sc(I)cc21)C1CCCCC1. The Morgan fingerprint density at radius 3 is 2.79 bits per heavy atom. The number of fused-ring (bicyclic) bond motifs is 1. The number of aryl methyl sites for hydroxylation is 1. The van der Waals surface area contributed by atoms with Gasteiger partial charge >= 0.3 is 0 Å². The minimum Gasteiger partial charge on any atom is -0.307 e. The molecule has 2 unspecified atom stereocenters. The van der Waals surface area contributed by atoms with E-state index in [1.165, 1.54) is 54.3 Å². The standard InChI is InChI=1S/C16H24INS/c1-11(12-6-3-2-4-7-12)18-14-8-5-9-15-13(14)10-16(17)19-15/h10-12,14,18H,2-9H2,1H3. The highest BCUT2D eigenvalue weighted by molar-refractivity contribution is 14.1. The summed E-state index contributed by atoms with van der Waals surface area (Å²) in [6.45, 7) is 2.42. The number of nitrogens with one attached hydrogen (secondary N) is 1. The van der Waals surface area contributed by atoms with Gasteiger partial charge in [0.15, 0.2) is 0 Å². The molecule has 106 valence electrons. The zero-order valence-corrected chi connectivity index (χ0v) is 14.7. The van der Waals surface area contributed by atoms with Crippen LogP contribution in [0.5, 0.6) is 0 Å².